The van der Waals surface area contributed by atoms with Gasteiger partial charge in [0.1, 0.15) is 16.9 Å². The van der Waals surface area contributed by atoms with Gasteiger partial charge in [-0.15, -0.1) is 0 Å². The number of carbonyl (C=O) groups excluding carboxylic acids is 1. The van der Waals surface area contributed by atoms with Crippen LogP contribution in [0.2, 0.25) is 5.02 Å². The summed E-state index contributed by atoms with van der Waals surface area (Å²) in [5.74, 6) is -0.999. The fourth-order valence-electron chi connectivity index (χ4n) is 3.14. The molecule has 0 fully saturated rings. The summed E-state index contributed by atoms with van der Waals surface area (Å²) in [5.41, 5.74) is 1.87. The third kappa shape index (κ3) is 3.69. The van der Waals surface area contributed by atoms with Crippen molar-refractivity contribution in [2.45, 2.75) is 20.4 Å². The van der Waals surface area contributed by atoms with Crippen molar-refractivity contribution in [2.75, 3.05) is 5.32 Å². The standard InChI is InChI=1S/C21H16ClFN4O3/c1-11-18-20(30-26-11)19(14-5-8-16(23)17(9-14)24-12(2)28)25-27(21(18)29)10-13-3-6-15(22)7-4-13/h3-9H,10H2,1-2H3,(H,24,28). The predicted octanol–water partition coefficient (Wildman–Crippen LogP) is 4.16. The van der Waals surface area contributed by atoms with Crippen LogP contribution in [0, 0.1) is 12.7 Å². The highest BCUT2D eigenvalue weighted by Crippen LogP contribution is 2.29. The molecule has 2 aromatic heterocycles. The molecule has 0 atom stereocenters. The fourth-order valence-corrected chi connectivity index (χ4v) is 3.27. The summed E-state index contributed by atoms with van der Waals surface area (Å²) in [6.45, 7) is 3.15. The Bertz CT molecular complexity index is 1330. The zero-order valence-electron chi connectivity index (χ0n) is 16.1. The van der Waals surface area contributed by atoms with Gasteiger partial charge in [0, 0.05) is 17.5 Å². The third-order valence-electron chi connectivity index (χ3n) is 4.54. The second-order valence-corrected chi connectivity index (χ2v) is 7.22. The molecular weight excluding hydrogens is 411 g/mol. The van der Waals surface area contributed by atoms with Crippen molar-refractivity contribution in [3.8, 4) is 11.3 Å². The minimum Gasteiger partial charge on any atom is -0.353 e. The van der Waals surface area contributed by atoms with Crippen molar-refractivity contribution < 1.29 is 13.7 Å². The van der Waals surface area contributed by atoms with E-state index in [1.54, 1.807) is 31.2 Å². The summed E-state index contributed by atoms with van der Waals surface area (Å²) >= 11 is 5.93. The Hall–Kier alpha value is -3.52. The van der Waals surface area contributed by atoms with E-state index in [0.29, 0.717) is 27.4 Å². The van der Waals surface area contributed by atoms with Gasteiger partial charge < -0.3 is 9.84 Å². The molecule has 0 radical (unpaired) electrons. The molecule has 0 aliphatic rings. The van der Waals surface area contributed by atoms with Crippen LogP contribution < -0.4 is 10.9 Å². The monoisotopic (exact) mass is 426 g/mol. The summed E-state index contributed by atoms with van der Waals surface area (Å²) in [6, 6.07) is 11.2. The summed E-state index contributed by atoms with van der Waals surface area (Å²) in [7, 11) is 0. The molecular formula is C21H16ClFN4O3. The van der Waals surface area contributed by atoms with Crippen LogP contribution in [-0.4, -0.2) is 20.8 Å². The second-order valence-electron chi connectivity index (χ2n) is 6.79. The van der Waals surface area contributed by atoms with Crippen molar-refractivity contribution in [3.05, 3.63) is 74.9 Å². The Morgan fingerprint density at radius 1 is 1.23 bits per heavy atom. The lowest BCUT2D eigenvalue weighted by Crippen LogP contribution is -2.24. The second kappa shape index (κ2) is 7.72. The first-order valence-corrected chi connectivity index (χ1v) is 9.40. The Morgan fingerprint density at radius 3 is 2.67 bits per heavy atom. The van der Waals surface area contributed by atoms with Crippen LogP contribution in [0.15, 0.2) is 51.8 Å². The molecule has 0 bridgehead atoms. The number of aromatic nitrogens is 3. The first-order chi connectivity index (χ1) is 14.3. The maximum atomic E-state index is 14.1. The number of anilines is 1. The van der Waals surface area contributed by atoms with Gasteiger partial charge in [-0.3, -0.25) is 9.59 Å². The van der Waals surface area contributed by atoms with Crippen LogP contribution in [0.3, 0.4) is 0 Å². The number of hydrogen-bond acceptors (Lipinski definition) is 5. The van der Waals surface area contributed by atoms with Crippen LogP contribution in [0.4, 0.5) is 10.1 Å². The van der Waals surface area contributed by atoms with Crippen molar-refractivity contribution in [1.82, 2.24) is 14.9 Å². The molecule has 1 N–H and O–H groups in total. The molecule has 0 unspecified atom stereocenters. The summed E-state index contributed by atoms with van der Waals surface area (Å²) in [6.07, 6.45) is 0. The first kappa shape index (κ1) is 19.8. The number of benzene rings is 2. The van der Waals surface area contributed by atoms with E-state index in [4.69, 9.17) is 16.1 Å². The van der Waals surface area contributed by atoms with Crippen LogP contribution in [0.25, 0.3) is 22.2 Å². The molecule has 0 aliphatic carbocycles. The van der Waals surface area contributed by atoms with Crippen LogP contribution in [-0.2, 0) is 11.3 Å². The number of nitrogens with zero attached hydrogens (tertiary/aromatic N) is 3. The molecule has 30 heavy (non-hydrogen) atoms. The van der Waals surface area contributed by atoms with E-state index in [-0.39, 0.29) is 23.4 Å². The van der Waals surface area contributed by atoms with Gasteiger partial charge in [-0.05, 0) is 42.8 Å². The molecule has 4 rings (SSSR count). The number of amides is 1. The lowest BCUT2D eigenvalue weighted by molar-refractivity contribution is -0.114. The van der Waals surface area contributed by atoms with E-state index in [0.717, 1.165) is 5.56 Å². The lowest BCUT2D eigenvalue weighted by Gasteiger charge is -2.10. The maximum Gasteiger partial charge on any atom is 0.280 e. The van der Waals surface area contributed by atoms with E-state index in [1.165, 1.54) is 29.8 Å². The Kier molecular flexibility index (Phi) is 5.09. The maximum absolute atomic E-state index is 14.1. The zero-order chi connectivity index (χ0) is 21.4. The van der Waals surface area contributed by atoms with Gasteiger partial charge in [0.05, 0.1) is 17.9 Å². The van der Waals surface area contributed by atoms with Crippen molar-refractivity contribution in [1.29, 1.82) is 0 Å². The van der Waals surface area contributed by atoms with Gasteiger partial charge in [0.15, 0.2) is 0 Å². The quantitative estimate of drug-likeness (QED) is 0.529. The molecule has 2 heterocycles. The number of fused-ring (bicyclic) bond motifs is 1. The van der Waals surface area contributed by atoms with E-state index in [2.05, 4.69) is 15.6 Å². The summed E-state index contributed by atoms with van der Waals surface area (Å²) < 4.78 is 20.8. The topological polar surface area (TPSA) is 90.0 Å². The molecule has 0 saturated heterocycles. The van der Waals surface area contributed by atoms with Crippen molar-refractivity contribution in [3.63, 3.8) is 0 Å². The van der Waals surface area contributed by atoms with E-state index in [1.807, 2.05) is 0 Å². The average molecular weight is 427 g/mol. The Labute approximate surface area is 175 Å². The molecule has 0 saturated carbocycles. The number of rotatable bonds is 4. The molecule has 9 heteroatoms. The highest BCUT2D eigenvalue weighted by atomic mass is 35.5. The number of hydrogen-bond donors (Lipinski definition) is 1. The summed E-state index contributed by atoms with van der Waals surface area (Å²) in [5, 5.41) is 11.7. The van der Waals surface area contributed by atoms with Crippen molar-refractivity contribution >= 4 is 34.2 Å². The Balaban J connectivity index is 1.90. The minimum absolute atomic E-state index is 0.00152. The first-order valence-electron chi connectivity index (χ1n) is 9.02. The Morgan fingerprint density at radius 2 is 1.97 bits per heavy atom. The highest BCUT2D eigenvalue weighted by Gasteiger charge is 2.20. The average Bonchev–Trinajstić information content (AvgIpc) is 3.09. The largest absolute Gasteiger partial charge is 0.353 e. The fraction of sp³-hybridized carbons (Fsp3) is 0.143. The lowest BCUT2D eigenvalue weighted by atomic mass is 10.1. The van der Waals surface area contributed by atoms with Gasteiger partial charge in [-0.2, -0.15) is 5.10 Å². The summed E-state index contributed by atoms with van der Waals surface area (Å²) in [4.78, 5) is 24.4. The molecule has 7 nitrogen and oxygen atoms in total. The normalized spacial score (nSPS) is 11.1. The predicted molar refractivity (Wildman–Crippen MR) is 111 cm³/mol. The molecule has 2 aromatic carbocycles. The molecule has 1 amide bonds. The zero-order valence-corrected chi connectivity index (χ0v) is 16.8. The molecule has 152 valence electrons. The van der Waals surface area contributed by atoms with E-state index >= 15 is 0 Å². The number of nitrogens with one attached hydrogen (secondary N) is 1. The van der Waals surface area contributed by atoms with Crippen molar-refractivity contribution in [2.24, 2.45) is 0 Å². The smallest absolute Gasteiger partial charge is 0.280 e. The number of halogens is 2. The molecule has 0 spiro atoms. The van der Waals surface area contributed by atoms with E-state index in [9.17, 15) is 14.0 Å². The van der Waals surface area contributed by atoms with Crippen LogP contribution >= 0.6 is 11.6 Å². The van der Waals surface area contributed by atoms with E-state index < -0.39 is 11.7 Å². The van der Waals surface area contributed by atoms with Crippen LogP contribution in [0.5, 0.6) is 0 Å². The minimum atomic E-state index is -0.589. The van der Waals surface area contributed by atoms with Gasteiger partial charge >= 0.3 is 0 Å². The third-order valence-corrected chi connectivity index (χ3v) is 4.79. The SMILES string of the molecule is CC(=O)Nc1cc(-c2nn(Cc3ccc(Cl)cc3)c(=O)c3c(C)noc23)ccc1F. The van der Waals surface area contributed by atoms with Gasteiger partial charge in [-0.25, -0.2) is 9.07 Å². The van der Waals surface area contributed by atoms with Gasteiger partial charge in [-0.1, -0.05) is 28.9 Å². The van der Waals surface area contributed by atoms with Gasteiger partial charge in [0.2, 0.25) is 11.5 Å². The highest BCUT2D eigenvalue weighted by molar-refractivity contribution is 6.30. The molecule has 4 aromatic rings. The van der Waals surface area contributed by atoms with Crippen LogP contribution in [0.1, 0.15) is 18.2 Å². The van der Waals surface area contributed by atoms with Gasteiger partial charge in [0.25, 0.3) is 5.56 Å². The number of aryl methyl sites for hydroxylation is 1. The molecule has 0 aliphatic heterocycles. The number of carbonyl (C=O) groups is 1.